The van der Waals surface area contributed by atoms with Crippen LogP contribution in [0.25, 0.3) is 0 Å². The third-order valence-corrected chi connectivity index (χ3v) is 5.60. The van der Waals surface area contributed by atoms with Crippen molar-refractivity contribution in [1.82, 2.24) is 9.71 Å². The van der Waals surface area contributed by atoms with Crippen molar-refractivity contribution < 1.29 is 8.42 Å². The lowest BCUT2D eigenvalue weighted by Crippen LogP contribution is -2.24. The van der Waals surface area contributed by atoms with Gasteiger partial charge in [0.05, 0.1) is 9.90 Å². The molecule has 20 heavy (non-hydrogen) atoms. The second kappa shape index (κ2) is 5.63. The quantitative estimate of drug-likeness (QED) is 0.944. The molecule has 0 saturated carbocycles. The van der Waals surface area contributed by atoms with Gasteiger partial charge in [0.2, 0.25) is 10.0 Å². The summed E-state index contributed by atoms with van der Waals surface area (Å²) in [6, 6.07) is 3.77. The summed E-state index contributed by atoms with van der Waals surface area (Å²) >= 11 is 1.50. The summed E-state index contributed by atoms with van der Waals surface area (Å²) in [6.07, 6.45) is 1.71. The highest BCUT2D eigenvalue weighted by Gasteiger charge is 2.19. The molecule has 0 fully saturated rings. The van der Waals surface area contributed by atoms with Gasteiger partial charge in [-0.1, -0.05) is 17.7 Å². The van der Waals surface area contributed by atoms with Gasteiger partial charge in [0.1, 0.15) is 0 Å². The largest absolute Gasteiger partial charge is 0.250 e. The average Bonchev–Trinajstić information content (AvgIpc) is 2.71. The summed E-state index contributed by atoms with van der Waals surface area (Å²) in [5.74, 6) is 0. The van der Waals surface area contributed by atoms with Gasteiger partial charge >= 0.3 is 0 Å². The van der Waals surface area contributed by atoms with Gasteiger partial charge in [-0.25, -0.2) is 18.1 Å². The molecule has 4 nitrogen and oxygen atoms in total. The smallest absolute Gasteiger partial charge is 0.241 e. The highest BCUT2D eigenvalue weighted by molar-refractivity contribution is 7.89. The van der Waals surface area contributed by atoms with Gasteiger partial charge in [-0.15, -0.1) is 11.3 Å². The lowest BCUT2D eigenvalue weighted by molar-refractivity contribution is 0.580. The second-order valence-corrected chi connectivity index (χ2v) is 7.92. The van der Waals surface area contributed by atoms with Crippen molar-refractivity contribution in [3.8, 4) is 0 Å². The highest BCUT2D eigenvalue weighted by Crippen LogP contribution is 2.22. The topological polar surface area (TPSA) is 59.1 Å². The molecule has 0 amide bonds. The van der Waals surface area contributed by atoms with E-state index in [1.807, 2.05) is 39.8 Å². The molecule has 6 heteroatoms. The van der Waals surface area contributed by atoms with Gasteiger partial charge in [0.25, 0.3) is 0 Å². The van der Waals surface area contributed by atoms with Gasteiger partial charge in [-0.05, 0) is 38.8 Å². The van der Waals surface area contributed by atoms with E-state index in [1.54, 1.807) is 6.20 Å². The van der Waals surface area contributed by atoms with Crippen molar-refractivity contribution in [1.29, 1.82) is 0 Å². The monoisotopic (exact) mass is 310 g/mol. The van der Waals surface area contributed by atoms with Crippen LogP contribution in [-0.4, -0.2) is 13.4 Å². The van der Waals surface area contributed by atoms with E-state index in [2.05, 4.69) is 9.71 Å². The molecule has 1 aromatic carbocycles. The second-order valence-electron chi connectivity index (χ2n) is 4.90. The number of aryl methyl sites for hydroxylation is 4. The Balaban J connectivity index is 2.27. The third kappa shape index (κ3) is 3.26. The van der Waals surface area contributed by atoms with E-state index in [0.717, 1.165) is 26.6 Å². The van der Waals surface area contributed by atoms with Crippen LogP contribution in [-0.2, 0) is 16.6 Å². The predicted molar refractivity (Wildman–Crippen MR) is 81.5 cm³/mol. The predicted octanol–water partition coefficient (Wildman–Crippen LogP) is 2.86. The summed E-state index contributed by atoms with van der Waals surface area (Å²) in [5.41, 5.74) is 2.61. The standard InChI is InChI=1S/C14H18N2O2S2/c1-9-5-10(2)14(11(3)6-9)20(17,18)16-8-13-7-15-12(4)19-13/h5-7,16H,8H2,1-4H3. The molecule has 2 rings (SSSR count). The summed E-state index contributed by atoms with van der Waals surface area (Å²) < 4.78 is 27.5. The van der Waals surface area contributed by atoms with E-state index in [1.165, 1.54) is 11.3 Å². The van der Waals surface area contributed by atoms with Crippen molar-refractivity contribution in [2.75, 3.05) is 0 Å². The first-order chi connectivity index (χ1) is 9.29. The SMILES string of the molecule is Cc1cc(C)c(S(=O)(=O)NCc2cnc(C)s2)c(C)c1. The minimum absolute atomic E-state index is 0.278. The number of nitrogens with one attached hydrogen (secondary N) is 1. The fourth-order valence-electron chi connectivity index (χ4n) is 2.32. The van der Waals surface area contributed by atoms with E-state index in [-0.39, 0.29) is 6.54 Å². The molecular formula is C14H18N2O2S2. The van der Waals surface area contributed by atoms with Crippen molar-refractivity contribution in [3.05, 3.63) is 44.9 Å². The van der Waals surface area contributed by atoms with Gasteiger partial charge in [-0.2, -0.15) is 0 Å². The van der Waals surface area contributed by atoms with E-state index in [9.17, 15) is 8.42 Å². The molecule has 0 saturated heterocycles. The van der Waals surface area contributed by atoms with Crippen LogP contribution in [0, 0.1) is 27.7 Å². The Morgan fingerprint density at radius 1 is 1.15 bits per heavy atom. The molecule has 1 aromatic heterocycles. The fourth-order valence-corrected chi connectivity index (χ4v) is 4.60. The summed E-state index contributed by atoms with van der Waals surface area (Å²) in [5, 5.41) is 0.932. The first kappa shape index (κ1) is 15.2. The van der Waals surface area contributed by atoms with Crippen LogP contribution < -0.4 is 4.72 Å². The van der Waals surface area contributed by atoms with E-state index < -0.39 is 10.0 Å². The molecule has 0 atom stereocenters. The molecule has 0 aliphatic rings. The lowest BCUT2D eigenvalue weighted by atomic mass is 10.1. The first-order valence-electron chi connectivity index (χ1n) is 6.28. The highest BCUT2D eigenvalue weighted by atomic mass is 32.2. The molecule has 108 valence electrons. The minimum Gasteiger partial charge on any atom is -0.250 e. The van der Waals surface area contributed by atoms with Crippen LogP contribution in [0.1, 0.15) is 26.6 Å². The number of rotatable bonds is 4. The Morgan fingerprint density at radius 2 is 1.75 bits per heavy atom. The molecule has 0 aliphatic carbocycles. The number of hydrogen-bond acceptors (Lipinski definition) is 4. The molecule has 1 heterocycles. The molecule has 2 aromatic rings. The maximum Gasteiger partial charge on any atom is 0.241 e. The normalized spacial score (nSPS) is 11.8. The first-order valence-corrected chi connectivity index (χ1v) is 8.58. The number of thiazole rings is 1. The molecule has 1 N–H and O–H groups in total. The molecule has 0 bridgehead atoms. The summed E-state index contributed by atoms with van der Waals surface area (Å²) in [7, 11) is -3.50. The third-order valence-electron chi connectivity index (χ3n) is 2.98. The molecule has 0 radical (unpaired) electrons. The van der Waals surface area contributed by atoms with Gasteiger partial charge in [0.15, 0.2) is 0 Å². The average molecular weight is 310 g/mol. The van der Waals surface area contributed by atoms with E-state index in [0.29, 0.717) is 4.90 Å². The molecule has 0 spiro atoms. The number of sulfonamides is 1. The number of aromatic nitrogens is 1. The lowest BCUT2D eigenvalue weighted by Gasteiger charge is -2.12. The zero-order valence-corrected chi connectivity index (χ0v) is 13.7. The van der Waals surface area contributed by atoms with Gasteiger partial charge in [0, 0.05) is 17.6 Å². The molecule has 0 aliphatic heterocycles. The molecule has 0 unspecified atom stereocenters. The van der Waals surface area contributed by atoms with Crippen LogP contribution in [0.4, 0.5) is 0 Å². The zero-order valence-electron chi connectivity index (χ0n) is 12.0. The Labute approximate surface area is 123 Å². The van der Waals surface area contributed by atoms with Crippen molar-refractivity contribution >= 4 is 21.4 Å². The van der Waals surface area contributed by atoms with Crippen LogP contribution in [0.5, 0.6) is 0 Å². The van der Waals surface area contributed by atoms with E-state index >= 15 is 0 Å². The van der Waals surface area contributed by atoms with Crippen LogP contribution in [0.3, 0.4) is 0 Å². The number of nitrogens with zero attached hydrogens (tertiary/aromatic N) is 1. The Hall–Kier alpha value is -1.24. The minimum atomic E-state index is -3.50. The van der Waals surface area contributed by atoms with Crippen LogP contribution in [0.15, 0.2) is 23.2 Å². The van der Waals surface area contributed by atoms with Gasteiger partial charge < -0.3 is 0 Å². The number of hydrogen-bond donors (Lipinski definition) is 1. The van der Waals surface area contributed by atoms with Crippen LogP contribution >= 0.6 is 11.3 Å². The number of benzene rings is 1. The van der Waals surface area contributed by atoms with Gasteiger partial charge in [-0.3, -0.25) is 0 Å². The maximum atomic E-state index is 12.4. The Bertz CT molecular complexity index is 710. The Morgan fingerprint density at radius 3 is 2.25 bits per heavy atom. The maximum absolute atomic E-state index is 12.4. The zero-order chi connectivity index (χ0) is 14.9. The fraction of sp³-hybridized carbons (Fsp3) is 0.357. The van der Waals surface area contributed by atoms with Crippen LogP contribution in [0.2, 0.25) is 0 Å². The summed E-state index contributed by atoms with van der Waals surface area (Å²) in [6.45, 7) is 7.79. The van der Waals surface area contributed by atoms with Crippen molar-refractivity contribution in [3.63, 3.8) is 0 Å². The molecular weight excluding hydrogens is 292 g/mol. The Kier molecular flexibility index (Phi) is 4.27. The van der Waals surface area contributed by atoms with Crippen molar-refractivity contribution in [2.45, 2.75) is 39.1 Å². The van der Waals surface area contributed by atoms with Crippen molar-refractivity contribution in [2.24, 2.45) is 0 Å². The van der Waals surface area contributed by atoms with E-state index in [4.69, 9.17) is 0 Å². The summed E-state index contributed by atoms with van der Waals surface area (Å²) in [4.78, 5) is 5.41.